The fourth-order valence-electron chi connectivity index (χ4n) is 4.06. The highest BCUT2D eigenvalue weighted by molar-refractivity contribution is 7.99. The molecular formula is C20H24Cl2N2O4S. The van der Waals surface area contributed by atoms with E-state index in [-0.39, 0.29) is 48.1 Å². The van der Waals surface area contributed by atoms with Crippen molar-refractivity contribution in [1.29, 1.82) is 0 Å². The number of carboxylic acids is 1. The Labute approximate surface area is 185 Å². The molecule has 2 aromatic carbocycles. The third-order valence-corrected chi connectivity index (χ3v) is 6.61. The maximum Gasteiger partial charge on any atom is 0.321 e. The number of likely N-dealkylation sites (N-methyl/N-ethyl adjacent to an activating group) is 1. The van der Waals surface area contributed by atoms with E-state index in [2.05, 4.69) is 18.0 Å². The monoisotopic (exact) mass is 458 g/mol. The number of rotatable bonds is 4. The van der Waals surface area contributed by atoms with E-state index in [4.69, 9.17) is 10.8 Å². The summed E-state index contributed by atoms with van der Waals surface area (Å²) in [5.41, 5.74) is 10.7. The largest absolute Gasteiger partial charge is 0.504 e. The van der Waals surface area contributed by atoms with Gasteiger partial charge in [-0.3, -0.25) is 9.69 Å². The minimum Gasteiger partial charge on any atom is -0.504 e. The van der Waals surface area contributed by atoms with E-state index in [0.717, 1.165) is 35.4 Å². The second-order valence-electron chi connectivity index (χ2n) is 7.22. The van der Waals surface area contributed by atoms with Crippen LogP contribution in [-0.4, -0.2) is 51.6 Å². The van der Waals surface area contributed by atoms with Crippen molar-refractivity contribution in [2.24, 2.45) is 5.73 Å². The highest BCUT2D eigenvalue weighted by Gasteiger charge is 2.35. The summed E-state index contributed by atoms with van der Waals surface area (Å²) in [6.07, 6.45) is 1.68. The number of carboxylic acid groups (broad SMARTS) is 1. The van der Waals surface area contributed by atoms with Gasteiger partial charge in [-0.05, 0) is 60.3 Å². The van der Waals surface area contributed by atoms with Crippen molar-refractivity contribution in [3.05, 3.63) is 41.0 Å². The zero-order valence-electron chi connectivity index (χ0n) is 15.8. The molecule has 0 saturated carbocycles. The van der Waals surface area contributed by atoms with Gasteiger partial charge in [0.05, 0.1) is 0 Å². The number of nitrogens with zero attached hydrogens (tertiary/aromatic N) is 1. The lowest BCUT2D eigenvalue weighted by Gasteiger charge is -2.40. The van der Waals surface area contributed by atoms with Gasteiger partial charge < -0.3 is 21.1 Å². The first kappa shape index (κ1) is 23.6. The molecule has 1 aliphatic heterocycles. The predicted molar refractivity (Wildman–Crippen MR) is 119 cm³/mol. The van der Waals surface area contributed by atoms with Crippen LogP contribution < -0.4 is 5.73 Å². The van der Waals surface area contributed by atoms with E-state index in [0.29, 0.717) is 5.56 Å². The molecule has 5 N–H and O–H groups in total. The van der Waals surface area contributed by atoms with E-state index >= 15 is 0 Å². The highest BCUT2D eigenvalue weighted by atomic mass is 35.5. The van der Waals surface area contributed by atoms with Crippen LogP contribution in [0.15, 0.2) is 29.2 Å². The minimum atomic E-state index is -1.02. The van der Waals surface area contributed by atoms with Crippen molar-refractivity contribution in [2.75, 3.05) is 19.3 Å². The Morgan fingerprint density at radius 2 is 2.00 bits per heavy atom. The number of benzene rings is 2. The first-order valence-electron chi connectivity index (χ1n) is 8.89. The smallest absolute Gasteiger partial charge is 0.321 e. The number of hydrogen-bond donors (Lipinski definition) is 4. The molecule has 2 atom stereocenters. The number of phenolic OH excluding ortho intramolecular Hbond substituents is 2. The maximum absolute atomic E-state index is 11.0. The number of hydrogen-bond acceptors (Lipinski definition) is 6. The summed E-state index contributed by atoms with van der Waals surface area (Å²) >= 11 is 1.41. The Kier molecular flexibility index (Phi) is 7.35. The maximum atomic E-state index is 11.0. The highest BCUT2D eigenvalue weighted by Crippen LogP contribution is 2.51. The first-order chi connectivity index (χ1) is 12.9. The summed E-state index contributed by atoms with van der Waals surface area (Å²) in [6.45, 7) is 0.944. The van der Waals surface area contributed by atoms with Gasteiger partial charge >= 0.3 is 5.97 Å². The fraction of sp³-hybridized carbons (Fsp3) is 0.350. The van der Waals surface area contributed by atoms with E-state index in [1.54, 1.807) is 0 Å². The van der Waals surface area contributed by atoms with Gasteiger partial charge in [0.2, 0.25) is 0 Å². The van der Waals surface area contributed by atoms with Gasteiger partial charge in [-0.2, -0.15) is 0 Å². The molecule has 0 aromatic heterocycles. The molecule has 0 radical (unpaired) electrons. The topological polar surface area (TPSA) is 107 Å². The van der Waals surface area contributed by atoms with Crippen LogP contribution in [0.3, 0.4) is 0 Å². The van der Waals surface area contributed by atoms with Gasteiger partial charge in [0, 0.05) is 28.8 Å². The number of phenols is 2. The van der Waals surface area contributed by atoms with E-state index in [9.17, 15) is 15.0 Å². The summed E-state index contributed by atoms with van der Waals surface area (Å²) in [7, 11) is 2.11. The summed E-state index contributed by atoms with van der Waals surface area (Å²) in [6, 6.07) is 6.82. The molecule has 1 aliphatic carbocycles. The van der Waals surface area contributed by atoms with Crippen LogP contribution in [0, 0.1) is 0 Å². The van der Waals surface area contributed by atoms with Gasteiger partial charge in [0.25, 0.3) is 0 Å². The van der Waals surface area contributed by atoms with Crippen LogP contribution >= 0.6 is 36.6 Å². The minimum absolute atomic E-state index is 0. The van der Waals surface area contributed by atoms with E-state index < -0.39 is 12.0 Å². The number of aliphatic carboxylic acids is 1. The molecule has 0 saturated heterocycles. The number of carbonyl (C=O) groups is 1. The average molecular weight is 459 g/mol. The quantitative estimate of drug-likeness (QED) is 0.411. The van der Waals surface area contributed by atoms with Gasteiger partial charge in [-0.25, -0.2) is 0 Å². The first-order valence-corrected chi connectivity index (χ1v) is 9.87. The normalized spacial score (nSPS) is 17.9. The van der Waals surface area contributed by atoms with Crippen molar-refractivity contribution in [1.82, 2.24) is 4.90 Å². The molecule has 2 aliphatic rings. The van der Waals surface area contributed by atoms with E-state index in [1.165, 1.54) is 29.0 Å². The van der Waals surface area contributed by atoms with Gasteiger partial charge in [-0.1, -0.05) is 6.07 Å². The van der Waals surface area contributed by atoms with E-state index in [1.807, 2.05) is 12.1 Å². The molecule has 0 amide bonds. The van der Waals surface area contributed by atoms with Gasteiger partial charge in [0.15, 0.2) is 11.5 Å². The summed E-state index contributed by atoms with van der Waals surface area (Å²) < 4.78 is 0. The lowest BCUT2D eigenvalue weighted by atomic mass is 9.77. The lowest BCUT2D eigenvalue weighted by molar-refractivity contribution is -0.137. The number of halogens is 2. The average Bonchev–Trinajstić information content (AvgIpc) is 2.65. The molecule has 0 bridgehead atoms. The molecule has 0 spiro atoms. The van der Waals surface area contributed by atoms with Crippen molar-refractivity contribution < 1.29 is 20.1 Å². The van der Waals surface area contributed by atoms with Crippen molar-refractivity contribution in [3.63, 3.8) is 0 Å². The van der Waals surface area contributed by atoms with Crippen LogP contribution in [0.5, 0.6) is 11.5 Å². The Balaban J connectivity index is 0.00000150. The summed E-state index contributed by atoms with van der Waals surface area (Å²) in [5, 5.41) is 29.6. The third-order valence-electron chi connectivity index (χ3n) is 5.51. The molecule has 158 valence electrons. The molecule has 29 heavy (non-hydrogen) atoms. The van der Waals surface area contributed by atoms with Crippen LogP contribution in [-0.2, 0) is 17.6 Å². The Morgan fingerprint density at radius 3 is 2.69 bits per heavy atom. The summed E-state index contributed by atoms with van der Waals surface area (Å²) in [4.78, 5) is 14.3. The Hall–Kier alpha value is -1.64. The van der Waals surface area contributed by atoms with Gasteiger partial charge in [0.1, 0.15) is 6.04 Å². The second kappa shape index (κ2) is 9.02. The number of nitrogens with two attached hydrogens (primary N) is 1. The molecule has 0 unspecified atom stereocenters. The molecule has 0 fully saturated rings. The molecule has 9 heteroatoms. The predicted octanol–water partition coefficient (Wildman–Crippen LogP) is 3.20. The molecule has 6 nitrogen and oxygen atoms in total. The molecule has 4 rings (SSSR count). The van der Waals surface area contributed by atoms with Crippen LogP contribution in [0.4, 0.5) is 0 Å². The lowest BCUT2D eigenvalue weighted by Crippen LogP contribution is -2.35. The second-order valence-corrected chi connectivity index (χ2v) is 8.31. The van der Waals surface area contributed by atoms with Crippen LogP contribution in [0.1, 0.15) is 22.7 Å². The zero-order valence-corrected chi connectivity index (χ0v) is 18.2. The van der Waals surface area contributed by atoms with Crippen LogP contribution in [0.25, 0.3) is 11.1 Å². The fourth-order valence-corrected chi connectivity index (χ4v) is 5.01. The molecule has 2 aromatic rings. The standard InChI is InChI=1S/C20H22N2O4S.2ClH/c1-22-5-4-11-6-12(27-9-14(21)20(25)26)8-13-17(11)15(22)7-10-2-3-16(23)19(24)18(10)13;;/h2-3,6,8,14-15,23-24H,4-5,7,9,21H2,1H3,(H,25,26);2*1H/t14-,15+;;/m0../s1. The van der Waals surface area contributed by atoms with Crippen molar-refractivity contribution >= 4 is 42.5 Å². The van der Waals surface area contributed by atoms with Crippen molar-refractivity contribution in [2.45, 2.75) is 29.8 Å². The Morgan fingerprint density at radius 1 is 1.28 bits per heavy atom. The van der Waals surface area contributed by atoms with Gasteiger partial charge in [-0.15, -0.1) is 36.6 Å². The number of thioether (sulfide) groups is 1. The van der Waals surface area contributed by atoms with Crippen molar-refractivity contribution in [3.8, 4) is 22.6 Å². The SMILES string of the molecule is CN1CCc2cc(SC[C@H](N)C(=O)O)cc3c2[C@H]1Cc1ccc(O)c(O)c1-3.Cl.Cl. The zero-order chi connectivity index (χ0) is 19.3. The number of fused-ring (bicyclic) bond motifs is 2. The molecular weight excluding hydrogens is 435 g/mol. The number of aromatic hydroxyl groups is 2. The van der Waals surface area contributed by atoms with Crippen LogP contribution in [0.2, 0.25) is 0 Å². The summed E-state index contributed by atoms with van der Waals surface area (Å²) in [5.74, 6) is -0.964. The Bertz CT molecular complexity index is 941. The molecule has 1 heterocycles. The third kappa shape index (κ3) is 4.15.